The number of hydrogen-bond acceptors (Lipinski definition) is 3. The van der Waals surface area contributed by atoms with Crippen molar-refractivity contribution in [2.24, 2.45) is 0 Å². The molecule has 2 unspecified atom stereocenters. The first kappa shape index (κ1) is 20.3. The lowest BCUT2D eigenvalue weighted by molar-refractivity contribution is -0.122. The lowest BCUT2D eigenvalue weighted by Gasteiger charge is -2.23. The SMILES string of the molecule is CCC(C)N(C)CCNC(=O)C1CCCN1.Cl.Cl. The van der Waals surface area contributed by atoms with Crippen LogP contribution in [0.15, 0.2) is 0 Å². The van der Waals surface area contributed by atoms with Gasteiger partial charge in [0.25, 0.3) is 0 Å². The van der Waals surface area contributed by atoms with Gasteiger partial charge in [-0.1, -0.05) is 6.92 Å². The van der Waals surface area contributed by atoms with Crippen molar-refractivity contribution in [1.82, 2.24) is 15.5 Å². The Morgan fingerprint density at radius 3 is 2.67 bits per heavy atom. The van der Waals surface area contributed by atoms with Crippen LogP contribution in [0.3, 0.4) is 0 Å². The number of rotatable bonds is 6. The third kappa shape index (κ3) is 6.78. The van der Waals surface area contributed by atoms with Gasteiger partial charge in [-0.05, 0) is 39.8 Å². The van der Waals surface area contributed by atoms with Crippen LogP contribution in [-0.4, -0.2) is 49.6 Å². The third-order valence-electron chi connectivity index (χ3n) is 3.48. The molecule has 110 valence electrons. The molecule has 0 saturated carbocycles. The topological polar surface area (TPSA) is 44.4 Å². The van der Waals surface area contributed by atoms with Gasteiger partial charge in [-0.3, -0.25) is 4.79 Å². The van der Waals surface area contributed by atoms with E-state index in [0.717, 1.165) is 38.9 Å². The number of carbonyl (C=O) groups excluding carboxylic acids is 1. The fourth-order valence-corrected chi connectivity index (χ4v) is 1.92. The Labute approximate surface area is 123 Å². The van der Waals surface area contributed by atoms with Crippen LogP contribution in [0.2, 0.25) is 0 Å². The molecule has 2 N–H and O–H groups in total. The molecule has 0 aliphatic carbocycles. The summed E-state index contributed by atoms with van der Waals surface area (Å²) in [6.07, 6.45) is 3.24. The van der Waals surface area contributed by atoms with Gasteiger partial charge in [0, 0.05) is 19.1 Å². The fraction of sp³-hybridized carbons (Fsp3) is 0.917. The molecule has 18 heavy (non-hydrogen) atoms. The maximum atomic E-state index is 11.7. The van der Waals surface area contributed by atoms with Crippen molar-refractivity contribution in [3.05, 3.63) is 0 Å². The van der Waals surface area contributed by atoms with E-state index in [1.165, 1.54) is 0 Å². The number of carbonyl (C=O) groups is 1. The summed E-state index contributed by atoms with van der Waals surface area (Å²) in [5.41, 5.74) is 0. The summed E-state index contributed by atoms with van der Waals surface area (Å²) in [4.78, 5) is 14.0. The third-order valence-corrected chi connectivity index (χ3v) is 3.48. The molecule has 1 aliphatic heterocycles. The van der Waals surface area contributed by atoms with Gasteiger partial charge in [-0.15, -0.1) is 24.8 Å². The van der Waals surface area contributed by atoms with Crippen molar-refractivity contribution in [1.29, 1.82) is 0 Å². The molecule has 1 heterocycles. The van der Waals surface area contributed by atoms with Gasteiger partial charge >= 0.3 is 0 Å². The minimum absolute atomic E-state index is 0. The van der Waals surface area contributed by atoms with E-state index in [2.05, 4.69) is 36.4 Å². The Balaban J connectivity index is 0. The minimum atomic E-state index is 0. The highest BCUT2D eigenvalue weighted by molar-refractivity contribution is 5.85. The van der Waals surface area contributed by atoms with Gasteiger partial charge < -0.3 is 15.5 Å². The molecule has 2 atom stereocenters. The number of likely N-dealkylation sites (N-methyl/N-ethyl adjacent to an activating group) is 1. The highest BCUT2D eigenvalue weighted by atomic mass is 35.5. The zero-order valence-corrected chi connectivity index (χ0v) is 13.2. The van der Waals surface area contributed by atoms with E-state index < -0.39 is 0 Å². The first-order valence-electron chi connectivity index (χ1n) is 6.36. The Bertz CT molecular complexity index is 223. The number of amides is 1. The van der Waals surface area contributed by atoms with E-state index in [9.17, 15) is 4.79 Å². The summed E-state index contributed by atoms with van der Waals surface area (Å²) < 4.78 is 0. The largest absolute Gasteiger partial charge is 0.353 e. The van der Waals surface area contributed by atoms with Gasteiger partial charge in [-0.25, -0.2) is 0 Å². The normalized spacial score (nSPS) is 19.9. The van der Waals surface area contributed by atoms with E-state index in [0.29, 0.717) is 6.04 Å². The van der Waals surface area contributed by atoms with Gasteiger partial charge in [0.1, 0.15) is 0 Å². The molecule has 4 nitrogen and oxygen atoms in total. The van der Waals surface area contributed by atoms with Crippen LogP contribution in [-0.2, 0) is 4.79 Å². The number of halogens is 2. The fourth-order valence-electron chi connectivity index (χ4n) is 1.92. The van der Waals surface area contributed by atoms with Gasteiger partial charge in [0.15, 0.2) is 0 Å². The molecule has 1 fully saturated rings. The van der Waals surface area contributed by atoms with Crippen molar-refractivity contribution in [3.63, 3.8) is 0 Å². The van der Waals surface area contributed by atoms with E-state index in [1.54, 1.807) is 0 Å². The van der Waals surface area contributed by atoms with E-state index in [-0.39, 0.29) is 36.8 Å². The highest BCUT2D eigenvalue weighted by Crippen LogP contribution is 2.04. The minimum Gasteiger partial charge on any atom is -0.353 e. The van der Waals surface area contributed by atoms with Crippen LogP contribution in [0, 0.1) is 0 Å². The van der Waals surface area contributed by atoms with Crippen LogP contribution < -0.4 is 10.6 Å². The second-order valence-electron chi connectivity index (χ2n) is 4.68. The standard InChI is InChI=1S/C12H25N3O.2ClH/c1-4-10(2)15(3)9-8-14-12(16)11-6-5-7-13-11;;/h10-11,13H,4-9H2,1-3H3,(H,14,16);2*1H. The maximum Gasteiger partial charge on any atom is 0.237 e. The number of nitrogens with one attached hydrogen (secondary N) is 2. The summed E-state index contributed by atoms with van der Waals surface area (Å²) >= 11 is 0. The average molecular weight is 300 g/mol. The lowest BCUT2D eigenvalue weighted by atomic mass is 10.2. The van der Waals surface area contributed by atoms with Crippen molar-refractivity contribution >= 4 is 30.7 Å². The predicted molar refractivity (Wildman–Crippen MR) is 80.9 cm³/mol. The van der Waals surface area contributed by atoms with Crippen molar-refractivity contribution in [3.8, 4) is 0 Å². The van der Waals surface area contributed by atoms with Crippen LogP contribution >= 0.6 is 24.8 Å². The molecule has 1 saturated heterocycles. The van der Waals surface area contributed by atoms with Crippen LogP contribution in [0.1, 0.15) is 33.1 Å². The summed E-state index contributed by atoms with van der Waals surface area (Å²) in [7, 11) is 2.11. The van der Waals surface area contributed by atoms with Crippen LogP contribution in [0.25, 0.3) is 0 Å². The summed E-state index contributed by atoms with van der Waals surface area (Å²) in [5, 5.41) is 6.19. The zero-order chi connectivity index (χ0) is 12.0. The maximum absolute atomic E-state index is 11.7. The molecule has 1 amide bonds. The molecule has 0 aromatic carbocycles. The van der Waals surface area contributed by atoms with Crippen molar-refractivity contribution < 1.29 is 4.79 Å². The molecule has 0 spiro atoms. The van der Waals surface area contributed by atoms with Gasteiger partial charge in [0.2, 0.25) is 5.91 Å². The molecular formula is C12H27Cl2N3O. The van der Waals surface area contributed by atoms with Gasteiger partial charge in [0.05, 0.1) is 6.04 Å². The second kappa shape index (κ2) is 10.9. The van der Waals surface area contributed by atoms with Crippen molar-refractivity contribution in [2.75, 3.05) is 26.7 Å². The van der Waals surface area contributed by atoms with Crippen molar-refractivity contribution in [2.45, 2.75) is 45.2 Å². The Morgan fingerprint density at radius 2 is 2.17 bits per heavy atom. The molecule has 0 aromatic rings. The first-order chi connectivity index (χ1) is 7.65. The molecule has 0 radical (unpaired) electrons. The van der Waals surface area contributed by atoms with E-state index in [1.807, 2.05) is 0 Å². The quantitative estimate of drug-likeness (QED) is 0.780. The summed E-state index contributed by atoms with van der Waals surface area (Å²) in [6, 6.07) is 0.635. The molecule has 0 bridgehead atoms. The molecule has 0 aromatic heterocycles. The van der Waals surface area contributed by atoms with Crippen LogP contribution in [0.4, 0.5) is 0 Å². The molecule has 6 heteroatoms. The van der Waals surface area contributed by atoms with Gasteiger partial charge in [-0.2, -0.15) is 0 Å². The summed E-state index contributed by atoms with van der Waals surface area (Å²) in [5.74, 6) is 0.162. The predicted octanol–water partition coefficient (Wildman–Crippen LogP) is 1.43. The first-order valence-corrected chi connectivity index (χ1v) is 6.36. The Kier molecular flexibility index (Phi) is 12.2. The Morgan fingerprint density at radius 1 is 1.50 bits per heavy atom. The zero-order valence-electron chi connectivity index (χ0n) is 11.6. The van der Waals surface area contributed by atoms with E-state index >= 15 is 0 Å². The monoisotopic (exact) mass is 299 g/mol. The smallest absolute Gasteiger partial charge is 0.237 e. The summed E-state index contributed by atoms with van der Waals surface area (Å²) in [6.45, 7) is 7.04. The second-order valence-corrected chi connectivity index (χ2v) is 4.68. The highest BCUT2D eigenvalue weighted by Gasteiger charge is 2.21. The van der Waals surface area contributed by atoms with E-state index in [4.69, 9.17) is 0 Å². The Hall–Kier alpha value is -0.0300. The number of nitrogens with zero attached hydrogens (tertiary/aromatic N) is 1. The molecule has 1 rings (SSSR count). The number of hydrogen-bond donors (Lipinski definition) is 2. The molecule has 1 aliphatic rings. The van der Waals surface area contributed by atoms with Crippen LogP contribution in [0.5, 0.6) is 0 Å². The molecular weight excluding hydrogens is 273 g/mol. The average Bonchev–Trinajstić information content (AvgIpc) is 2.81. The lowest BCUT2D eigenvalue weighted by Crippen LogP contribution is -2.44.